The van der Waals surface area contributed by atoms with Crippen molar-refractivity contribution < 1.29 is 12.9 Å². The minimum Gasteiger partial charge on any atom is -0.339 e. The summed E-state index contributed by atoms with van der Waals surface area (Å²) in [6.07, 6.45) is 0. The summed E-state index contributed by atoms with van der Waals surface area (Å²) in [7, 11) is -2.27. The highest BCUT2D eigenvalue weighted by Crippen LogP contribution is 2.28. The van der Waals surface area contributed by atoms with Gasteiger partial charge in [0.2, 0.25) is 11.7 Å². The van der Waals surface area contributed by atoms with Crippen LogP contribution in [0.5, 0.6) is 0 Å². The van der Waals surface area contributed by atoms with Crippen molar-refractivity contribution >= 4 is 27.0 Å². The molecule has 11 heteroatoms. The van der Waals surface area contributed by atoms with Gasteiger partial charge in [0.05, 0.1) is 11.4 Å². The second kappa shape index (κ2) is 7.01. The molecule has 0 saturated heterocycles. The molecule has 0 atom stereocenters. The third kappa shape index (κ3) is 3.38. The van der Waals surface area contributed by atoms with Gasteiger partial charge in [-0.1, -0.05) is 23.4 Å². The van der Waals surface area contributed by atoms with E-state index in [-0.39, 0.29) is 9.90 Å². The van der Waals surface area contributed by atoms with Crippen molar-refractivity contribution in [2.75, 3.05) is 4.72 Å². The van der Waals surface area contributed by atoms with E-state index in [1.807, 2.05) is 6.07 Å². The first-order valence-electron chi connectivity index (χ1n) is 8.54. The smallest absolute Gasteiger partial charge is 0.296 e. The van der Waals surface area contributed by atoms with Crippen molar-refractivity contribution in [3.05, 3.63) is 63.7 Å². The number of para-hydroxylation sites is 1. The summed E-state index contributed by atoms with van der Waals surface area (Å²) in [4.78, 5) is 17.0. The highest BCUT2D eigenvalue weighted by molar-refractivity contribution is 7.94. The quantitative estimate of drug-likeness (QED) is 0.520. The molecule has 1 aromatic carbocycles. The van der Waals surface area contributed by atoms with Crippen LogP contribution in [0.25, 0.3) is 17.1 Å². The Labute approximate surface area is 170 Å². The summed E-state index contributed by atoms with van der Waals surface area (Å²) in [6.45, 7) is 3.33. The molecule has 3 heterocycles. The zero-order valence-electron chi connectivity index (χ0n) is 15.8. The second-order valence-electron chi connectivity index (χ2n) is 6.33. The normalized spacial score (nSPS) is 11.7. The predicted octanol–water partition coefficient (Wildman–Crippen LogP) is 2.71. The van der Waals surface area contributed by atoms with Crippen LogP contribution in [-0.4, -0.2) is 27.9 Å². The molecule has 3 aromatic heterocycles. The van der Waals surface area contributed by atoms with Gasteiger partial charge in [-0.2, -0.15) is 4.98 Å². The second-order valence-corrected chi connectivity index (χ2v) is 9.15. The number of rotatable bonds is 5. The third-order valence-electron chi connectivity index (χ3n) is 4.42. The molecule has 0 bridgehead atoms. The molecule has 0 spiro atoms. The summed E-state index contributed by atoms with van der Waals surface area (Å²) < 4.78 is 36.2. The van der Waals surface area contributed by atoms with Crippen molar-refractivity contribution in [3.63, 3.8) is 0 Å². The van der Waals surface area contributed by atoms with Gasteiger partial charge in [0.15, 0.2) is 0 Å². The topological polar surface area (TPSA) is 112 Å². The highest BCUT2D eigenvalue weighted by atomic mass is 32.2. The van der Waals surface area contributed by atoms with Crippen molar-refractivity contribution in [1.29, 1.82) is 0 Å². The van der Waals surface area contributed by atoms with Gasteiger partial charge in [-0.05, 0) is 25.1 Å². The lowest BCUT2D eigenvalue weighted by atomic mass is 10.3. The third-order valence-corrected chi connectivity index (χ3v) is 7.21. The van der Waals surface area contributed by atoms with Gasteiger partial charge in [0, 0.05) is 24.9 Å². The molecule has 1 N–H and O–H groups in total. The maximum absolute atomic E-state index is 12.9. The lowest BCUT2D eigenvalue weighted by Crippen LogP contribution is -2.22. The molecular formula is C18H17N5O4S2. The van der Waals surface area contributed by atoms with E-state index in [2.05, 4.69) is 14.9 Å². The monoisotopic (exact) mass is 431 g/mol. The Kier molecular flexibility index (Phi) is 4.63. The van der Waals surface area contributed by atoms with Crippen LogP contribution in [0.4, 0.5) is 5.69 Å². The number of hydrogen-bond acceptors (Lipinski definition) is 7. The Bertz CT molecular complexity index is 1350. The van der Waals surface area contributed by atoms with Gasteiger partial charge in [0.25, 0.3) is 15.6 Å². The molecule has 0 aliphatic heterocycles. The van der Waals surface area contributed by atoms with Crippen molar-refractivity contribution in [1.82, 2.24) is 19.5 Å². The fourth-order valence-electron chi connectivity index (χ4n) is 2.86. The molecule has 0 amide bonds. The molecular weight excluding hydrogens is 414 g/mol. The van der Waals surface area contributed by atoms with Crippen molar-refractivity contribution in [2.24, 2.45) is 7.05 Å². The van der Waals surface area contributed by atoms with E-state index < -0.39 is 15.6 Å². The molecule has 0 unspecified atom stereocenters. The Morgan fingerprint density at radius 1 is 1.17 bits per heavy atom. The van der Waals surface area contributed by atoms with Crippen LogP contribution in [0.15, 0.2) is 55.3 Å². The summed E-state index contributed by atoms with van der Waals surface area (Å²) in [5.41, 5.74) is 1.21. The lowest BCUT2D eigenvalue weighted by Gasteiger charge is -2.07. The minimum absolute atomic E-state index is 0.00158. The van der Waals surface area contributed by atoms with Gasteiger partial charge >= 0.3 is 0 Å². The number of hydrogen-bond donors (Lipinski definition) is 1. The van der Waals surface area contributed by atoms with Gasteiger partial charge in [-0.3, -0.25) is 14.2 Å². The first-order chi connectivity index (χ1) is 13.8. The van der Waals surface area contributed by atoms with Crippen LogP contribution in [0.2, 0.25) is 0 Å². The number of nitrogens with one attached hydrogen (secondary N) is 1. The molecule has 0 radical (unpaired) electrons. The average molecular weight is 431 g/mol. The number of benzene rings is 1. The molecule has 4 aromatic rings. The number of nitrogens with zero attached hydrogens (tertiary/aromatic N) is 4. The average Bonchev–Trinajstić information content (AvgIpc) is 3.39. The zero-order valence-corrected chi connectivity index (χ0v) is 17.4. The van der Waals surface area contributed by atoms with Gasteiger partial charge in [0.1, 0.15) is 9.90 Å². The van der Waals surface area contributed by atoms with Gasteiger partial charge < -0.3 is 4.52 Å². The molecule has 0 fully saturated rings. The van der Waals surface area contributed by atoms with E-state index in [4.69, 9.17) is 4.52 Å². The molecule has 150 valence electrons. The van der Waals surface area contributed by atoms with Gasteiger partial charge in [-0.25, -0.2) is 13.1 Å². The zero-order chi connectivity index (χ0) is 20.8. The Morgan fingerprint density at radius 3 is 2.55 bits per heavy atom. The van der Waals surface area contributed by atoms with Crippen LogP contribution in [-0.2, 0) is 17.1 Å². The number of thiophene rings is 1. The highest BCUT2D eigenvalue weighted by Gasteiger charge is 2.24. The Morgan fingerprint density at radius 2 is 1.90 bits per heavy atom. The maximum atomic E-state index is 12.9. The number of aryl methyl sites for hydroxylation is 1. The van der Waals surface area contributed by atoms with Crippen molar-refractivity contribution in [3.8, 4) is 17.1 Å². The summed E-state index contributed by atoms with van der Waals surface area (Å²) >= 11 is 1.01. The number of aromatic nitrogens is 4. The Balaban J connectivity index is 1.71. The van der Waals surface area contributed by atoms with Gasteiger partial charge in [-0.15, -0.1) is 11.3 Å². The first kappa shape index (κ1) is 19.2. The largest absolute Gasteiger partial charge is 0.339 e. The van der Waals surface area contributed by atoms with Crippen LogP contribution in [0, 0.1) is 13.8 Å². The number of sulfonamides is 1. The van der Waals surface area contributed by atoms with Crippen molar-refractivity contribution in [2.45, 2.75) is 18.1 Å². The molecule has 0 aliphatic rings. The molecule has 29 heavy (non-hydrogen) atoms. The van der Waals surface area contributed by atoms with E-state index in [1.165, 1.54) is 10.7 Å². The van der Waals surface area contributed by atoms with E-state index in [0.717, 1.165) is 11.3 Å². The fraction of sp³-hybridized carbons (Fsp3) is 0.167. The fourth-order valence-corrected chi connectivity index (χ4v) is 5.14. The standard InChI is InChI=1S/C18H17N5O4S2/c1-11-16(18(24)23(22(11)3)14-7-5-4-6-8-14)21-29(25,26)15-9-13(10-28-15)17-19-12(2)27-20-17/h4-10,21H,1-3H3. The molecule has 4 rings (SSSR count). The van der Waals surface area contributed by atoms with E-state index in [1.54, 1.807) is 55.2 Å². The molecule has 0 aliphatic carbocycles. The predicted molar refractivity (Wildman–Crippen MR) is 109 cm³/mol. The minimum atomic E-state index is -3.97. The SMILES string of the molecule is Cc1nc(-c2csc(S(=O)(=O)Nc3c(C)n(C)n(-c4ccccc4)c3=O)c2)no1. The van der Waals surface area contributed by atoms with Crippen LogP contribution >= 0.6 is 11.3 Å². The summed E-state index contributed by atoms with van der Waals surface area (Å²) in [5.74, 6) is 0.692. The Hall–Kier alpha value is -3.18. The van der Waals surface area contributed by atoms with E-state index in [9.17, 15) is 13.2 Å². The van der Waals surface area contributed by atoms with E-state index in [0.29, 0.717) is 28.7 Å². The van der Waals surface area contributed by atoms with Crippen LogP contribution < -0.4 is 10.3 Å². The maximum Gasteiger partial charge on any atom is 0.296 e. The summed E-state index contributed by atoms with van der Waals surface area (Å²) in [6, 6.07) is 10.5. The van der Waals surface area contributed by atoms with E-state index >= 15 is 0 Å². The molecule has 9 nitrogen and oxygen atoms in total. The first-order valence-corrected chi connectivity index (χ1v) is 10.9. The number of anilines is 1. The van der Waals surface area contributed by atoms with Crippen LogP contribution in [0.3, 0.4) is 0 Å². The van der Waals surface area contributed by atoms with Crippen LogP contribution in [0.1, 0.15) is 11.6 Å². The summed E-state index contributed by atoms with van der Waals surface area (Å²) in [5, 5.41) is 5.41. The molecule has 0 saturated carbocycles. The lowest BCUT2D eigenvalue weighted by molar-refractivity contribution is 0.394.